The zero-order valence-electron chi connectivity index (χ0n) is 11.5. The molecule has 0 radical (unpaired) electrons. The van der Waals surface area contributed by atoms with Gasteiger partial charge in [0.2, 0.25) is 0 Å². The molecule has 0 saturated carbocycles. The van der Waals surface area contributed by atoms with Crippen molar-refractivity contribution in [3.8, 4) is 34.5 Å². The zero-order valence-corrected chi connectivity index (χ0v) is 11.5. The van der Waals surface area contributed by atoms with Gasteiger partial charge in [0, 0.05) is 11.1 Å². The van der Waals surface area contributed by atoms with Crippen molar-refractivity contribution in [2.75, 3.05) is 7.11 Å². The van der Waals surface area contributed by atoms with Gasteiger partial charge >= 0.3 is 0 Å². The fourth-order valence-electron chi connectivity index (χ4n) is 2.17. The van der Waals surface area contributed by atoms with Gasteiger partial charge in [0.25, 0.3) is 0 Å². The molecule has 0 bridgehead atoms. The van der Waals surface area contributed by atoms with Gasteiger partial charge in [0.15, 0.2) is 5.69 Å². The maximum absolute atomic E-state index is 9.30. The molecule has 0 fully saturated rings. The van der Waals surface area contributed by atoms with E-state index >= 15 is 0 Å². The van der Waals surface area contributed by atoms with E-state index in [-0.39, 0.29) is 0 Å². The maximum Gasteiger partial charge on any atom is 0.166 e. The summed E-state index contributed by atoms with van der Waals surface area (Å²) in [5.41, 5.74) is 2.90. The number of aromatic nitrogens is 2. The Morgan fingerprint density at radius 2 is 1.81 bits per heavy atom. The van der Waals surface area contributed by atoms with Crippen LogP contribution in [-0.2, 0) is 0 Å². The molecular weight excluding hydrogens is 262 g/mol. The summed E-state index contributed by atoms with van der Waals surface area (Å²) in [5, 5.41) is 9.30. The van der Waals surface area contributed by atoms with Crippen molar-refractivity contribution in [3.05, 3.63) is 60.3 Å². The second kappa shape index (κ2) is 5.51. The molecular formula is C17H13N3O. The number of H-pyrrole nitrogens is 1. The molecule has 1 N–H and O–H groups in total. The number of nitrogens with zero attached hydrogens (tertiary/aromatic N) is 2. The first-order valence-corrected chi connectivity index (χ1v) is 6.52. The van der Waals surface area contributed by atoms with Gasteiger partial charge in [-0.1, -0.05) is 42.5 Å². The minimum atomic E-state index is 0.377. The Bertz CT molecular complexity index is 800. The summed E-state index contributed by atoms with van der Waals surface area (Å²) in [5.74, 6) is 1.43. The first kappa shape index (κ1) is 12.9. The summed E-state index contributed by atoms with van der Waals surface area (Å²) in [6, 6.07) is 19.4. The van der Waals surface area contributed by atoms with Gasteiger partial charge in [-0.25, -0.2) is 4.98 Å². The van der Waals surface area contributed by atoms with Crippen molar-refractivity contribution in [2.45, 2.75) is 0 Å². The number of aromatic amines is 1. The molecule has 1 heterocycles. The van der Waals surface area contributed by atoms with Crippen LogP contribution in [0.15, 0.2) is 54.6 Å². The zero-order chi connectivity index (χ0) is 14.7. The third kappa shape index (κ3) is 2.49. The van der Waals surface area contributed by atoms with Crippen molar-refractivity contribution in [1.82, 2.24) is 9.97 Å². The van der Waals surface area contributed by atoms with E-state index in [1.54, 1.807) is 7.11 Å². The minimum absolute atomic E-state index is 0.377. The summed E-state index contributed by atoms with van der Waals surface area (Å²) in [4.78, 5) is 7.60. The van der Waals surface area contributed by atoms with Crippen LogP contribution >= 0.6 is 0 Å². The summed E-state index contributed by atoms with van der Waals surface area (Å²) >= 11 is 0. The quantitative estimate of drug-likeness (QED) is 0.794. The second-order valence-electron chi connectivity index (χ2n) is 4.52. The molecule has 0 aliphatic heterocycles. The lowest BCUT2D eigenvalue weighted by atomic mass is 10.1. The van der Waals surface area contributed by atoms with E-state index in [2.05, 4.69) is 16.0 Å². The highest BCUT2D eigenvalue weighted by Crippen LogP contribution is 2.27. The lowest BCUT2D eigenvalue weighted by Crippen LogP contribution is -1.86. The third-order valence-electron chi connectivity index (χ3n) is 3.22. The highest BCUT2D eigenvalue weighted by molar-refractivity contribution is 5.70. The van der Waals surface area contributed by atoms with Crippen LogP contribution in [0.5, 0.6) is 5.75 Å². The van der Waals surface area contributed by atoms with Gasteiger partial charge < -0.3 is 9.72 Å². The second-order valence-corrected chi connectivity index (χ2v) is 4.52. The summed E-state index contributed by atoms with van der Waals surface area (Å²) in [6.07, 6.45) is 0. The Hall–Kier alpha value is -3.06. The summed E-state index contributed by atoms with van der Waals surface area (Å²) < 4.78 is 5.22. The number of ether oxygens (including phenoxy) is 1. The first-order chi connectivity index (χ1) is 10.3. The van der Waals surface area contributed by atoms with Crippen molar-refractivity contribution in [1.29, 1.82) is 5.26 Å². The standard InChI is InChI=1S/C17H13N3O/c1-21-14-9-5-8-13(10-14)16-15(11-18)19-17(20-16)12-6-3-2-4-7-12/h2-10H,1H3,(H,19,20). The van der Waals surface area contributed by atoms with Gasteiger partial charge in [0.1, 0.15) is 17.6 Å². The predicted octanol–water partition coefficient (Wildman–Crippen LogP) is 3.62. The molecule has 3 aromatic rings. The van der Waals surface area contributed by atoms with E-state index in [0.717, 1.165) is 16.9 Å². The van der Waals surface area contributed by atoms with Gasteiger partial charge in [0.05, 0.1) is 12.8 Å². The Morgan fingerprint density at radius 3 is 2.52 bits per heavy atom. The van der Waals surface area contributed by atoms with Crippen LogP contribution in [0.1, 0.15) is 5.69 Å². The SMILES string of the molecule is COc1cccc(-c2[nH]c(-c3ccccc3)nc2C#N)c1. The van der Waals surface area contributed by atoms with Crippen molar-refractivity contribution >= 4 is 0 Å². The van der Waals surface area contributed by atoms with Crippen LogP contribution in [0.4, 0.5) is 0 Å². The number of nitriles is 1. The molecule has 0 saturated heterocycles. The lowest BCUT2D eigenvalue weighted by molar-refractivity contribution is 0.415. The number of benzene rings is 2. The molecule has 3 rings (SSSR count). The minimum Gasteiger partial charge on any atom is -0.497 e. The van der Waals surface area contributed by atoms with Crippen molar-refractivity contribution in [2.24, 2.45) is 0 Å². The van der Waals surface area contributed by atoms with E-state index in [1.807, 2.05) is 54.6 Å². The molecule has 0 aliphatic carbocycles. The number of rotatable bonds is 3. The molecule has 102 valence electrons. The predicted molar refractivity (Wildman–Crippen MR) is 80.7 cm³/mol. The fourth-order valence-corrected chi connectivity index (χ4v) is 2.17. The fraction of sp³-hybridized carbons (Fsp3) is 0.0588. The Balaban J connectivity index is 2.11. The maximum atomic E-state index is 9.30. The molecule has 0 aliphatic rings. The van der Waals surface area contributed by atoms with E-state index in [4.69, 9.17) is 4.74 Å². The number of nitrogens with one attached hydrogen (secondary N) is 1. The number of hydrogen-bond acceptors (Lipinski definition) is 3. The van der Waals surface area contributed by atoms with Crippen molar-refractivity contribution < 1.29 is 4.74 Å². The lowest BCUT2D eigenvalue weighted by Gasteiger charge is -2.02. The van der Waals surface area contributed by atoms with Crippen LogP contribution in [-0.4, -0.2) is 17.1 Å². The average Bonchev–Trinajstić information content (AvgIpc) is 3.00. The third-order valence-corrected chi connectivity index (χ3v) is 3.22. The van der Waals surface area contributed by atoms with Crippen LogP contribution in [0.3, 0.4) is 0 Å². The Labute approximate surface area is 122 Å². The van der Waals surface area contributed by atoms with Crippen LogP contribution in [0.2, 0.25) is 0 Å². The molecule has 0 unspecified atom stereocenters. The smallest absolute Gasteiger partial charge is 0.166 e. The molecule has 0 atom stereocenters. The monoisotopic (exact) mass is 275 g/mol. The highest BCUT2D eigenvalue weighted by Gasteiger charge is 2.13. The Morgan fingerprint density at radius 1 is 1.05 bits per heavy atom. The number of methoxy groups -OCH3 is 1. The van der Waals surface area contributed by atoms with E-state index < -0.39 is 0 Å². The van der Waals surface area contributed by atoms with E-state index in [1.165, 1.54) is 0 Å². The molecule has 4 nitrogen and oxygen atoms in total. The van der Waals surface area contributed by atoms with Gasteiger partial charge in [-0.15, -0.1) is 0 Å². The Kier molecular flexibility index (Phi) is 3.40. The molecule has 4 heteroatoms. The van der Waals surface area contributed by atoms with E-state index in [9.17, 15) is 5.26 Å². The number of imidazole rings is 1. The van der Waals surface area contributed by atoms with Gasteiger partial charge in [-0.3, -0.25) is 0 Å². The largest absolute Gasteiger partial charge is 0.497 e. The van der Waals surface area contributed by atoms with Crippen LogP contribution < -0.4 is 4.74 Å². The van der Waals surface area contributed by atoms with E-state index in [0.29, 0.717) is 17.2 Å². The van der Waals surface area contributed by atoms with Crippen LogP contribution in [0.25, 0.3) is 22.6 Å². The van der Waals surface area contributed by atoms with Gasteiger partial charge in [-0.05, 0) is 12.1 Å². The summed E-state index contributed by atoms with van der Waals surface area (Å²) in [6.45, 7) is 0. The molecule has 0 spiro atoms. The average molecular weight is 275 g/mol. The number of hydrogen-bond donors (Lipinski definition) is 1. The van der Waals surface area contributed by atoms with Crippen LogP contribution in [0, 0.1) is 11.3 Å². The molecule has 21 heavy (non-hydrogen) atoms. The molecule has 2 aromatic carbocycles. The highest BCUT2D eigenvalue weighted by atomic mass is 16.5. The summed E-state index contributed by atoms with van der Waals surface area (Å²) in [7, 11) is 1.62. The first-order valence-electron chi connectivity index (χ1n) is 6.52. The van der Waals surface area contributed by atoms with Crippen molar-refractivity contribution in [3.63, 3.8) is 0 Å². The van der Waals surface area contributed by atoms with Gasteiger partial charge in [-0.2, -0.15) is 5.26 Å². The molecule has 0 amide bonds. The topological polar surface area (TPSA) is 61.7 Å². The normalized spacial score (nSPS) is 10.1. The molecule has 1 aromatic heterocycles.